The molecule has 38 heavy (non-hydrogen) atoms. The van der Waals surface area contributed by atoms with Crippen LogP contribution in [0.2, 0.25) is 0 Å². The van der Waals surface area contributed by atoms with Crippen molar-refractivity contribution in [1.82, 2.24) is 10.2 Å². The summed E-state index contributed by atoms with van der Waals surface area (Å²) >= 11 is 3.77. The molecule has 2 amide bonds. The van der Waals surface area contributed by atoms with Crippen molar-refractivity contribution in [3.05, 3.63) is 70.3 Å². The highest BCUT2D eigenvalue weighted by molar-refractivity contribution is 9.09. The number of benzene rings is 2. The first-order chi connectivity index (χ1) is 17.8. The number of rotatable bonds is 8. The van der Waals surface area contributed by atoms with E-state index in [0.717, 1.165) is 54.2 Å². The monoisotopic (exact) mass is 594 g/mol. The van der Waals surface area contributed by atoms with E-state index >= 15 is 0 Å². The van der Waals surface area contributed by atoms with Gasteiger partial charge < -0.3 is 15.2 Å². The molecule has 0 bridgehead atoms. The third kappa shape index (κ3) is 7.99. The van der Waals surface area contributed by atoms with Crippen LogP contribution in [-0.2, 0) is 28.8 Å². The van der Waals surface area contributed by atoms with Gasteiger partial charge in [-0.15, -0.1) is 0 Å². The molecule has 0 fully saturated rings. The van der Waals surface area contributed by atoms with Gasteiger partial charge >= 0.3 is 6.09 Å². The fourth-order valence-electron chi connectivity index (χ4n) is 4.85. The van der Waals surface area contributed by atoms with Crippen molar-refractivity contribution in [2.75, 3.05) is 6.54 Å². The summed E-state index contributed by atoms with van der Waals surface area (Å²) in [5.74, 6) is -1.91. The highest BCUT2D eigenvalue weighted by Gasteiger charge is 2.39. The van der Waals surface area contributed by atoms with Crippen molar-refractivity contribution in [3.8, 4) is 0 Å². The van der Waals surface area contributed by atoms with Crippen LogP contribution >= 0.6 is 15.9 Å². The fraction of sp³-hybridized carbons (Fsp3) is 0.517. The first-order valence-corrected chi connectivity index (χ1v) is 13.8. The molecule has 0 saturated carbocycles. The average molecular weight is 596 g/mol. The zero-order valence-corrected chi connectivity index (χ0v) is 24.1. The number of amides is 2. The van der Waals surface area contributed by atoms with E-state index < -0.39 is 47.4 Å². The van der Waals surface area contributed by atoms with Crippen LogP contribution in [0.25, 0.3) is 0 Å². The highest BCUT2D eigenvalue weighted by Crippen LogP contribution is 2.40. The number of hydrogen-bond donors (Lipinski definition) is 2. The Morgan fingerprint density at radius 2 is 1.82 bits per heavy atom. The van der Waals surface area contributed by atoms with Crippen LogP contribution in [0.5, 0.6) is 0 Å². The second kappa shape index (κ2) is 12.6. The molecule has 2 aromatic rings. The van der Waals surface area contributed by atoms with E-state index in [1.807, 2.05) is 0 Å². The Hall–Kier alpha value is -2.52. The predicted octanol–water partition coefficient (Wildman–Crippen LogP) is 5.62. The van der Waals surface area contributed by atoms with Gasteiger partial charge in [0.05, 0.1) is 24.7 Å². The van der Waals surface area contributed by atoms with Crippen molar-refractivity contribution in [3.63, 3.8) is 0 Å². The zero-order chi connectivity index (χ0) is 28.2. The van der Waals surface area contributed by atoms with E-state index in [1.165, 1.54) is 11.8 Å². The quantitative estimate of drug-likeness (QED) is 0.389. The molecule has 1 aliphatic rings. The first-order valence-electron chi connectivity index (χ1n) is 12.9. The number of fused-ring (bicyclic) bond motifs is 1. The highest BCUT2D eigenvalue weighted by atomic mass is 79.9. The van der Waals surface area contributed by atoms with Crippen LogP contribution in [0.3, 0.4) is 0 Å². The summed E-state index contributed by atoms with van der Waals surface area (Å²) in [7, 11) is 0. The number of aryl methyl sites for hydroxylation is 2. The summed E-state index contributed by atoms with van der Waals surface area (Å²) in [6.45, 7) is 8.51. The zero-order valence-electron chi connectivity index (χ0n) is 22.6. The molecule has 0 radical (unpaired) electrons. The molecule has 0 saturated heterocycles. The minimum Gasteiger partial charge on any atom is -0.444 e. The molecule has 0 aliphatic heterocycles. The van der Waals surface area contributed by atoms with Gasteiger partial charge in [0.25, 0.3) is 0 Å². The predicted molar refractivity (Wildman–Crippen MR) is 146 cm³/mol. The molecule has 6 nitrogen and oxygen atoms in total. The van der Waals surface area contributed by atoms with Gasteiger partial charge in [-0.05, 0) is 80.8 Å². The van der Waals surface area contributed by atoms with E-state index in [2.05, 4.69) is 46.4 Å². The fourth-order valence-corrected chi connectivity index (χ4v) is 5.65. The second-order valence-corrected chi connectivity index (χ2v) is 12.1. The number of aliphatic hydroxyl groups is 1. The van der Waals surface area contributed by atoms with Crippen molar-refractivity contribution in [2.24, 2.45) is 0 Å². The van der Waals surface area contributed by atoms with Crippen LogP contribution in [0.15, 0.2) is 36.4 Å². The Labute approximate surface area is 231 Å². The van der Waals surface area contributed by atoms with E-state index in [0.29, 0.717) is 0 Å². The number of alkyl halides is 1. The van der Waals surface area contributed by atoms with Crippen molar-refractivity contribution in [2.45, 2.75) is 88.9 Å². The number of nitrogens with one attached hydrogen (secondary N) is 1. The van der Waals surface area contributed by atoms with Gasteiger partial charge in [0.2, 0.25) is 5.91 Å². The average Bonchev–Trinajstić information content (AvgIpc) is 2.80. The van der Waals surface area contributed by atoms with Crippen molar-refractivity contribution < 1.29 is 28.2 Å². The SMILES string of the molecule is CCc1ccc2c(c1)[C@H](N(C[C@@H](O)[C@H](Cc1cc(F)cc(F)c1)NC(C)=O)C(=O)OC(C)(C)C)C(Br)CC2. The van der Waals surface area contributed by atoms with Gasteiger partial charge in [0.15, 0.2) is 0 Å². The lowest BCUT2D eigenvalue weighted by Gasteiger charge is -2.41. The Bertz CT molecular complexity index is 1130. The smallest absolute Gasteiger partial charge is 0.410 e. The largest absolute Gasteiger partial charge is 0.444 e. The van der Waals surface area contributed by atoms with Gasteiger partial charge in [0.1, 0.15) is 17.2 Å². The third-order valence-electron chi connectivity index (χ3n) is 6.55. The molecule has 1 aliphatic carbocycles. The molecular weight excluding hydrogens is 558 g/mol. The lowest BCUT2D eigenvalue weighted by molar-refractivity contribution is -0.120. The van der Waals surface area contributed by atoms with Gasteiger partial charge in [-0.2, -0.15) is 0 Å². The van der Waals surface area contributed by atoms with Crippen molar-refractivity contribution >= 4 is 27.9 Å². The van der Waals surface area contributed by atoms with E-state index in [9.17, 15) is 23.5 Å². The Balaban J connectivity index is 1.99. The summed E-state index contributed by atoms with van der Waals surface area (Å²) in [5.41, 5.74) is 2.74. The van der Waals surface area contributed by atoms with E-state index in [1.54, 1.807) is 20.8 Å². The minimum absolute atomic E-state index is 0.0312. The van der Waals surface area contributed by atoms with Gasteiger partial charge in [-0.1, -0.05) is 41.1 Å². The Morgan fingerprint density at radius 3 is 2.39 bits per heavy atom. The molecule has 3 rings (SSSR count). The first kappa shape index (κ1) is 30.0. The number of nitrogens with zero attached hydrogens (tertiary/aromatic N) is 1. The van der Waals surface area contributed by atoms with E-state index in [4.69, 9.17) is 4.74 Å². The molecule has 0 aromatic heterocycles. The molecule has 0 spiro atoms. The maximum absolute atomic E-state index is 13.8. The summed E-state index contributed by atoms with van der Waals surface area (Å²) in [4.78, 5) is 27.0. The number of ether oxygens (including phenoxy) is 1. The lowest BCUT2D eigenvalue weighted by atomic mass is 9.85. The maximum atomic E-state index is 13.8. The number of carbonyl (C=O) groups is 2. The lowest BCUT2D eigenvalue weighted by Crippen LogP contribution is -2.53. The second-order valence-electron chi connectivity index (χ2n) is 10.9. The van der Waals surface area contributed by atoms with Gasteiger partial charge in [-0.3, -0.25) is 9.69 Å². The Morgan fingerprint density at radius 1 is 1.16 bits per heavy atom. The number of halogens is 3. The van der Waals surface area contributed by atoms with Gasteiger partial charge in [0, 0.05) is 17.8 Å². The van der Waals surface area contributed by atoms with Crippen molar-refractivity contribution in [1.29, 1.82) is 0 Å². The van der Waals surface area contributed by atoms with Crippen LogP contribution in [0, 0.1) is 11.6 Å². The third-order valence-corrected chi connectivity index (χ3v) is 7.51. The Kier molecular flexibility index (Phi) is 9.92. The standard InChI is InChI=1S/C29H37BrF2N2O4/c1-6-18-7-8-20-9-10-24(30)27(23(20)13-18)34(28(37)38-29(3,4)5)16-26(36)25(33-17(2)35)14-19-11-21(31)15-22(32)12-19/h7-8,11-13,15,24-27,36H,6,9-10,14,16H2,1-5H3,(H,33,35)/t24?,25-,26+,27-/m0/s1. The molecule has 0 heterocycles. The van der Waals surface area contributed by atoms with Gasteiger partial charge in [-0.25, -0.2) is 13.6 Å². The number of carbonyl (C=O) groups excluding carboxylic acids is 2. The van der Waals surface area contributed by atoms with Crippen LogP contribution in [0.4, 0.5) is 13.6 Å². The molecule has 1 unspecified atom stereocenters. The molecule has 2 aromatic carbocycles. The van der Waals surface area contributed by atoms with Crippen LogP contribution < -0.4 is 5.32 Å². The molecule has 208 valence electrons. The van der Waals surface area contributed by atoms with E-state index in [-0.39, 0.29) is 23.4 Å². The normalized spacial score (nSPS) is 18.8. The summed E-state index contributed by atoms with van der Waals surface area (Å²) < 4.78 is 33.4. The van der Waals surface area contributed by atoms with Crippen LogP contribution in [0.1, 0.15) is 69.3 Å². The molecular formula is C29H37BrF2N2O4. The molecule has 4 atom stereocenters. The van der Waals surface area contributed by atoms with Crippen LogP contribution in [-0.4, -0.2) is 51.1 Å². The summed E-state index contributed by atoms with van der Waals surface area (Å²) in [6, 6.07) is 8.01. The summed E-state index contributed by atoms with van der Waals surface area (Å²) in [5, 5.41) is 14.1. The maximum Gasteiger partial charge on any atom is 0.410 e. The number of hydrogen-bond acceptors (Lipinski definition) is 4. The minimum atomic E-state index is -1.25. The summed E-state index contributed by atoms with van der Waals surface area (Å²) in [6.07, 6.45) is 0.566. The number of aliphatic hydroxyl groups excluding tert-OH is 1. The molecule has 2 N–H and O–H groups in total. The molecule has 9 heteroatoms. The topological polar surface area (TPSA) is 78.9 Å².